The average Bonchev–Trinajstić information content (AvgIpc) is 2.91. The van der Waals surface area contributed by atoms with Crippen LogP contribution >= 0.6 is 15.9 Å². The van der Waals surface area contributed by atoms with Gasteiger partial charge in [0, 0.05) is 23.9 Å². The minimum Gasteiger partial charge on any atom is -0.494 e. The van der Waals surface area contributed by atoms with Crippen LogP contribution in [-0.4, -0.2) is 40.6 Å². The summed E-state index contributed by atoms with van der Waals surface area (Å²) in [6.07, 6.45) is 3.87. The lowest BCUT2D eigenvalue weighted by atomic mass is 10.0. The molecule has 6 nitrogen and oxygen atoms in total. The molecule has 1 aromatic rings. The monoisotopic (exact) mass is 408 g/mol. The van der Waals surface area contributed by atoms with Crippen molar-refractivity contribution < 1.29 is 19.1 Å². The minimum absolute atomic E-state index is 0.159. The molecule has 1 N–H and O–H groups in total. The average molecular weight is 409 g/mol. The Morgan fingerprint density at radius 1 is 1.20 bits per heavy atom. The number of nitrogens with one attached hydrogen (secondary N) is 1. The van der Waals surface area contributed by atoms with Gasteiger partial charge >= 0.3 is 0 Å². The Labute approximate surface area is 155 Å². The second-order valence-corrected chi connectivity index (χ2v) is 7.11. The van der Waals surface area contributed by atoms with Crippen LogP contribution in [0.25, 0.3) is 0 Å². The molecule has 0 aliphatic carbocycles. The van der Waals surface area contributed by atoms with Crippen LogP contribution in [0.15, 0.2) is 18.2 Å². The van der Waals surface area contributed by atoms with Crippen molar-refractivity contribution in [2.75, 3.05) is 11.9 Å². The molecule has 0 aromatic heterocycles. The molecule has 2 heterocycles. The first-order chi connectivity index (χ1) is 12.1. The molecule has 25 heavy (non-hydrogen) atoms. The van der Waals surface area contributed by atoms with Gasteiger partial charge in [-0.3, -0.25) is 19.7 Å². The molecule has 0 radical (unpaired) electrons. The first kappa shape index (κ1) is 17.9. The number of benzene rings is 1. The lowest BCUT2D eigenvalue weighted by molar-refractivity contribution is -0.136. The molecule has 1 fully saturated rings. The molecular weight excluding hydrogens is 388 g/mol. The zero-order valence-corrected chi connectivity index (χ0v) is 15.5. The van der Waals surface area contributed by atoms with Gasteiger partial charge in [-0.25, -0.2) is 0 Å². The number of rotatable bonds is 7. The van der Waals surface area contributed by atoms with Gasteiger partial charge in [-0.1, -0.05) is 15.9 Å². The number of carbonyl (C=O) groups excluding carboxylic acids is 3. The molecule has 1 saturated heterocycles. The fourth-order valence-corrected chi connectivity index (χ4v) is 3.60. The largest absolute Gasteiger partial charge is 0.494 e. The van der Waals surface area contributed by atoms with E-state index in [-0.39, 0.29) is 24.1 Å². The number of imide groups is 1. The van der Waals surface area contributed by atoms with Crippen LogP contribution < -0.4 is 10.1 Å². The summed E-state index contributed by atoms with van der Waals surface area (Å²) in [4.78, 5) is 37.4. The molecule has 0 bridgehead atoms. The quantitative estimate of drug-likeness (QED) is 0.426. The first-order valence-corrected chi connectivity index (χ1v) is 9.68. The van der Waals surface area contributed by atoms with Crippen LogP contribution in [-0.2, 0) is 16.1 Å². The summed E-state index contributed by atoms with van der Waals surface area (Å²) in [6.45, 7) is 1.03. The van der Waals surface area contributed by atoms with E-state index in [1.807, 2.05) is 6.07 Å². The van der Waals surface area contributed by atoms with Crippen LogP contribution in [0.5, 0.6) is 5.75 Å². The number of alkyl halides is 1. The number of nitrogens with zero attached hydrogens (tertiary/aromatic N) is 1. The summed E-state index contributed by atoms with van der Waals surface area (Å²) < 4.78 is 5.76. The number of unbranched alkanes of at least 4 members (excludes halogenated alkanes) is 2. The van der Waals surface area contributed by atoms with Crippen molar-refractivity contribution in [2.24, 2.45) is 0 Å². The maximum atomic E-state index is 12.6. The molecule has 134 valence electrons. The van der Waals surface area contributed by atoms with Crippen LogP contribution in [0.3, 0.4) is 0 Å². The van der Waals surface area contributed by atoms with Crippen LogP contribution in [0, 0.1) is 0 Å². The molecule has 0 spiro atoms. The number of piperidine rings is 1. The fourth-order valence-electron chi connectivity index (χ4n) is 3.20. The zero-order chi connectivity index (χ0) is 17.8. The predicted octanol–water partition coefficient (Wildman–Crippen LogP) is 2.39. The van der Waals surface area contributed by atoms with Crippen molar-refractivity contribution in [2.45, 2.75) is 44.7 Å². The molecule has 2 aliphatic rings. The van der Waals surface area contributed by atoms with E-state index in [0.29, 0.717) is 25.1 Å². The third kappa shape index (κ3) is 4.03. The molecule has 2 aliphatic heterocycles. The van der Waals surface area contributed by atoms with Crippen molar-refractivity contribution in [1.82, 2.24) is 10.2 Å². The summed E-state index contributed by atoms with van der Waals surface area (Å²) in [5.41, 5.74) is 1.48. The number of ether oxygens (including phenoxy) is 1. The third-order valence-electron chi connectivity index (χ3n) is 4.54. The normalized spacial score (nSPS) is 19.8. The smallest absolute Gasteiger partial charge is 0.255 e. The molecule has 7 heteroatoms. The van der Waals surface area contributed by atoms with Gasteiger partial charge in [-0.2, -0.15) is 0 Å². The minimum atomic E-state index is -0.578. The van der Waals surface area contributed by atoms with Crippen LogP contribution in [0.1, 0.15) is 48.0 Å². The molecule has 1 unspecified atom stereocenters. The summed E-state index contributed by atoms with van der Waals surface area (Å²) in [7, 11) is 0. The second-order valence-electron chi connectivity index (χ2n) is 6.32. The highest BCUT2D eigenvalue weighted by atomic mass is 79.9. The highest BCUT2D eigenvalue weighted by Crippen LogP contribution is 2.30. The van der Waals surface area contributed by atoms with E-state index < -0.39 is 6.04 Å². The van der Waals surface area contributed by atoms with E-state index in [1.54, 1.807) is 17.0 Å². The summed E-state index contributed by atoms with van der Waals surface area (Å²) in [6, 6.07) is 4.86. The zero-order valence-electron chi connectivity index (χ0n) is 13.9. The van der Waals surface area contributed by atoms with E-state index in [9.17, 15) is 14.4 Å². The lowest BCUT2D eigenvalue weighted by Gasteiger charge is -2.29. The molecular formula is C18H21BrN2O4. The predicted molar refractivity (Wildman–Crippen MR) is 95.6 cm³/mol. The van der Waals surface area contributed by atoms with Gasteiger partial charge in [0.2, 0.25) is 11.8 Å². The van der Waals surface area contributed by atoms with Gasteiger partial charge in [0.1, 0.15) is 11.8 Å². The molecule has 3 amide bonds. The molecule has 1 atom stereocenters. The SMILES string of the molecule is O=C1CCC(N2Cc3cc(OCCCCCBr)ccc3C2=O)C(=O)N1. The first-order valence-electron chi connectivity index (χ1n) is 8.56. The van der Waals surface area contributed by atoms with Crippen LogP contribution in [0.4, 0.5) is 0 Å². The number of fused-ring (bicyclic) bond motifs is 1. The molecule has 3 rings (SSSR count). The van der Waals surface area contributed by atoms with E-state index >= 15 is 0 Å². The van der Waals surface area contributed by atoms with Crippen molar-refractivity contribution in [3.8, 4) is 5.75 Å². The number of hydrogen-bond acceptors (Lipinski definition) is 4. The standard InChI is InChI=1S/C18H21BrN2O4/c19-8-2-1-3-9-25-13-4-5-14-12(10-13)11-21(18(14)24)15-6-7-16(22)20-17(15)23/h4-5,10,15H,1-3,6-9,11H2,(H,20,22,23). The second kappa shape index (κ2) is 7.99. The van der Waals surface area contributed by atoms with E-state index in [1.165, 1.54) is 0 Å². The lowest BCUT2D eigenvalue weighted by Crippen LogP contribution is -2.52. The maximum absolute atomic E-state index is 12.6. The van der Waals surface area contributed by atoms with E-state index in [2.05, 4.69) is 21.2 Å². The number of carbonyl (C=O) groups is 3. The van der Waals surface area contributed by atoms with E-state index in [0.717, 1.165) is 35.9 Å². The summed E-state index contributed by atoms with van der Waals surface area (Å²) >= 11 is 3.41. The van der Waals surface area contributed by atoms with E-state index in [4.69, 9.17) is 4.74 Å². The number of amides is 3. The number of halogens is 1. The van der Waals surface area contributed by atoms with Crippen molar-refractivity contribution in [1.29, 1.82) is 0 Å². The Kier molecular flexibility index (Phi) is 5.73. The fraction of sp³-hybridized carbons (Fsp3) is 0.500. The Morgan fingerprint density at radius 3 is 2.80 bits per heavy atom. The van der Waals surface area contributed by atoms with Gasteiger partial charge in [-0.15, -0.1) is 0 Å². The summed E-state index contributed by atoms with van der Waals surface area (Å²) in [5.74, 6) is -0.0782. The Bertz CT molecular complexity index is 692. The van der Waals surface area contributed by atoms with Gasteiger partial charge in [0.25, 0.3) is 5.91 Å². The summed E-state index contributed by atoms with van der Waals surface area (Å²) in [5, 5.41) is 3.31. The highest BCUT2D eigenvalue weighted by molar-refractivity contribution is 9.09. The number of hydrogen-bond donors (Lipinski definition) is 1. The van der Waals surface area contributed by atoms with Crippen molar-refractivity contribution in [3.05, 3.63) is 29.3 Å². The third-order valence-corrected chi connectivity index (χ3v) is 5.10. The molecule has 1 aromatic carbocycles. The van der Waals surface area contributed by atoms with Gasteiger partial charge < -0.3 is 9.64 Å². The topological polar surface area (TPSA) is 75.7 Å². The highest BCUT2D eigenvalue weighted by Gasteiger charge is 2.39. The molecule has 0 saturated carbocycles. The van der Waals surface area contributed by atoms with Crippen molar-refractivity contribution in [3.63, 3.8) is 0 Å². The van der Waals surface area contributed by atoms with Gasteiger partial charge in [-0.05, 0) is 49.4 Å². The maximum Gasteiger partial charge on any atom is 0.255 e. The Balaban J connectivity index is 1.63. The van der Waals surface area contributed by atoms with Crippen molar-refractivity contribution >= 4 is 33.7 Å². The van der Waals surface area contributed by atoms with Crippen LogP contribution in [0.2, 0.25) is 0 Å². The Morgan fingerprint density at radius 2 is 2.04 bits per heavy atom. The van der Waals surface area contributed by atoms with Gasteiger partial charge in [0.15, 0.2) is 0 Å². The van der Waals surface area contributed by atoms with Gasteiger partial charge in [0.05, 0.1) is 6.61 Å². The Hall–Kier alpha value is -1.89.